The average Bonchev–Trinajstić information content (AvgIpc) is 3.12. The molecule has 0 spiro atoms. The number of amides is 1. The maximum Gasteiger partial charge on any atom is 0.331 e. The van der Waals surface area contributed by atoms with Crippen LogP contribution in [0.2, 0.25) is 0 Å². The molecule has 0 saturated carbocycles. The fourth-order valence-electron chi connectivity index (χ4n) is 2.70. The molecule has 6 nitrogen and oxygen atoms in total. The van der Waals surface area contributed by atoms with Gasteiger partial charge in [-0.25, -0.2) is 9.78 Å². The van der Waals surface area contributed by atoms with Crippen molar-refractivity contribution in [2.45, 2.75) is 26.4 Å². The first-order valence-electron chi connectivity index (χ1n) is 9.07. The van der Waals surface area contributed by atoms with Crippen molar-refractivity contribution >= 4 is 29.1 Å². The normalized spacial score (nSPS) is 11.2. The molecule has 0 fully saturated rings. The van der Waals surface area contributed by atoms with Gasteiger partial charge in [0.15, 0.2) is 12.2 Å². The molecule has 0 aliphatic rings. The minimum absolute atomic E-state index is 0.0123. The van der Waals surface area contributed by atoms with E-state index in [1.807, 2.05) is 62.4 Å². The van der Waals surface area contributed by atoms with Gasteiger partial charge in [0.05, 0.1) is 0 Å². The van der Waals surface area contributed by atoms with Crippen molar-refractivity contribution < 1.29 is 18.7 Å². The van der Waals surface area contributed by atoms with Crippen molar-refractivity contribution in [2.24, 2.45) is 0 Å². The maximum absolute atomic E-state index is 12.5. The van der Waals surface area contributed by atoms with Crippen LogP contribution in [0.4, 0.5) is 0 Å². The smallest absolute Gasteiger partial charge is 0.331 e. The second-order valence-corrected chi connectivity index (χ2v) is 6.56. The Balaban J connectivity index is 1.55. The van der Waals surface area contributed by atoms with Gasteiger partial charge in [-0.1, -0.05) is 42.5 Å². The van der Waals surface area contributed by atoms with E-state index in [0.717, 1.165) is 5.56 Å². The van der Waals surface area contributed by atoms with Gasteiger partial charge in [-0.05, 0) is 31.5 Å². The lowest BCUT2D eigenvalue weighted by molar-refractivity contribution is -0.149. The fourth-order valence-corrected chi connectivity index (χ4v) is 2.70. The number of oxazole rings is 1. The van der Waals surface area contributed by atoms with Gasteiger partial charge in [0.1, 0.15) is 5.52 Å². The van der Waals surface area contributed by atoms with Crippen molar-refractivity contribution in [3.63, 3.8) is 0 Å². The number of aromatic nitrogens is 1. The van der Waals surface area contributed by atoms with Crippen LogP contribution in [-0.4, -0.2) is 34.4 Å². The molecule has 2 aromatic carbocycles. The molecule has 3 rings (SSSR count). The van der Waals surface area contributed by atoms with Crippen LogP contribution in [0.15, 0.2) is 65.1 Å². The minimum Gasteiger partial charge on any atom is -0.452 e. The Labute approximate surface area is 163 Å². The van der Waals surface area contributed by atoms with Crippen LogP contribution in [0.25, 0.3) is 17.2 Å². The summed E-state index contributed by atoms with van der Waals surface area (Å²) in [5, 5.41) is 0. The van der Waals surface area contributed by atoms with Crippen molar-refractivity contribution in [3.05, 3.63) is 72.1 Å². The number of rotatable bonds is 7. The first kappa shape index (κ1) is 19.4. The monoisotopic (exact) mass is 378 g/mol. The van der Waals surface area contributed by atoms with Crippen LogP contribution in [0.1, 0.15) is 25.3 Å². The second-order valence-electron chi connectivity index (χ2n) is 6.56. The molecule has 0 N–H and O–H groups in total. The van der Waals surface area contributed by atoms with Gasteiger partial charge in [-0.3, -0.25) is 4.79 Å². The number of carbonyl (C=O) groups is 2. The summed E-state index contributed by atoms with van der Waals surface area (Å²) in [4.78, 5) is 30.3. The van der Waals surface area contributed by atoms with E-state index in [2.05, 4.69) is 4.98 Å². The summed E-state index contributed by atoms with van der Waals surface area (Å²) in [7, 11) is 0. The van der Waals surface area contributed by atoms with E-state index in [0.29, 0.717) is 23.5 Å². The molecule has 0 aliphatic carbocycles. The number of carbonyl (C=O) groups excluding carboxylic acids is 2. The Morgan fingerprint density at radius 1 is 1.11 bits per heavy atom. The lowest BCUT2D eigenvalue weighted by atomic mass is 10.2. The summed E-state index contributed by atoms with van der Waals surface area (Å²) in [5.74, 6) is -0.571. The Morgan fingerprint density at radius 2 is 1.82 bits per heavy atom. The Hall–Kier alpha value is -3.41. The molecule has 1 amide bonds. The summed E-state index contributed by atoms with van der Waals surface area (Å²) >= 11 is 0. The second kappa shape index (κ2) is 8.99. The van der Waals surface area contributed by atoms with Crippen molar-refractivity contribution in [1.29, 1.82) is 0 Å². The van der Waals surface area contributed by atoms with Gasteiger partial charge in [-0.15, -0.1) is 0 Å². The SMILES string of the molecule is CC(C)N(Cc1ccccc1)C(=O)COC(=O)/C=C/c1nc2ccccc2o1. The zero-order valence-electron chi connectivity index (χ0n) is 15.9. The number of fused-ring (bicyclic) bond motifs is 1. The third-order valence-electron chi connectivity index (χ3n) is 4.15. The largest absolute Gasteiger partial charge is 0.452 e. The number of hydrogen-bond donors (Lipinski definition) is 0. The maximum atomic E-state index is 12.5. The lowest BCUT2D eigenvalue weighted by Gasteiger charge is -2.26. The van der Waals surface area contributed by atoms with Crippen LogP contribution >= 0.6 is 0 Å². The number of nitrogens with zero attached hydrogens (tertiary/aromatic N) is 2. The van der Waals surface area contributed by atoms with Crippen LogP contribution < -0.4 is 0 Å². The van der Waals surface area contributed by atoms with Crippen LogP contribution in [-0.2, 0) is 20.9 Å². The predicted octanol–water partition coefficient (Wildman–Crippen LogP) is 3.82. The fraction of sp³-hybridized carbons (Fsp3) is 0.227. The van der Waals surface area contributed by atoms with E-state index in [4.69, 9.17) is 9.15 Å². The van der Waals surface area contributed by atoms with Crippen LogP contribution in [0.3, 0.4) is 0 Å². The Kier molecular flexibility index (Phi) is 6.22. The van der Waals surface area contributed by atoms with Gasteiger partial charge in [-0.2, -0.15) is 0 Å². The summed E-state index contributed by atoms with van der Waals surface area (Å²) in [6.45, 7) is 4.00. The molecule has 0 unspecified atom stereocenters. The zero-order valence-corrected chi connectivity index (χ0v) is 15.9. The molecule has 1 heterocycles. The third kappa shape index (κ3) is 5.07. The van der Waals surface area contributed by atoms with E-state index >= 15 is 0 Å². The molecule has 0 saturated heterocycles. The highest BCUT2D eigenvalue weighted by molar-refractivity contribution is 5.89. The van der Waals surface area contributed by atoms with E-state index in [9.17, 15) is 9.59 Å². The molecule has 144 valence electrons. The molecule has 0 bridgehead atoms. The number of esters is 1. The molecule has 28 heavy (non-hydrogen) atoms. The highest BCUT2D eigenvalue weighted by atomic mass is 16.5. The minimum atomic E-state index is -0.626. The first-order valence-corrected chi connectivity index (χ1v) is 9.07. The van der Waals surface area contributed by atoms with Crippen molar-refractivity contribution in [2.75, 3.05) is 6.61 Å². The highest BCUT2D eigenvalue weighted by Crippen LogP contribution is 2.15. The van der Waals surface area contributed by atoms with Crippen molar-refractivity contribution in [3.8, 4) is 0 Å². The molecule has 0 radical (unpaired) electrons. The molecular formula is C22H22N2O4. The number of para-hydroxylation sites is 2. The summed E-state index contributed by atoms with van der Waals surface area (Å²) in [6, 6.07) is 17.0. The van der Waals surface area contributed by atoms with Gasteiger partial charge < -0.3 is 14.1 Å². The average molecular weight is 378 g/mol. The van der Waals surface area contributed by atoms with Crippen LogP contribution in [0.5, 0.6) is 0 Å². The quantitative estimate of drug-likeness (QED) is 0.462. The molecule has 3 aromatic rings. The van der Waals surface area contributed by atoms with Gasteiger partial charge in [0.2, 0.25) is 5.89 Å². The van der Waals surface area contributed by atoms with E-state index in [1.54, 1.807) is 11.0 Å². The van der Waals surface area contributed by atoms with E-state index < -0.39 is 5.97 Å². The number of hydrogen-bond acceptors (Lipinski definition) is 5. The molecule has 1 aromatic heterocycles. The van der Waals surface area contributed by atoms with Gasteiger partial charge in [0.25, 0.3) is 5.91 Å². The van der Waals surface area contributed by atoms with E-state index in [-0.39, 0.29) is 18.6 Å². The van der Waals surface area contributed by atoms with Gasteiger partial charge in [0, 0.05) is 24.7 Å². The molecular weight excluding hydrogens is 356 g/mol. The van der Waals surface area contributed by atoms with Gasteiger partial charge >= 0.3 is 5.97 Å². The Bertz CT molecular complexity index is 943. The lowest BCUT2D eigenvalue weighted by Crippen LogP contribution is -2.39. The first-order chi connectivity index (χ1) is 13.5. The topological polar surface area (TPSA) is 72.6 Å². The third-order valence-corrected chi connectivity index (χ3v) is 4.15. The Morgan fingerprint density at radius 3 is 2.54 bits per heavy atom. The molecule has 0 atom stereocenters. The summed E-state index contributed by atoms with van der Waals surface area (Å²) in [6.07, 6.45) is 2.63. The van der Waals surface area contributed by atoms with Crippen molar-refractivity contribution in [1.82, 2.24) is 9.88 Å². The highest BCUT2D eigenvalue weighted by Gasteiger charge is 2.18. The summed E-state index contributed by atoms with van der Waals surface area (Å²) < 4.78 is 10.6. The number of ether oxygens (including phenoxy) is 1. The molecule has 0 aliphatic heterocycles. The van der Waals surface area contributed by atoms with E-state index in [1.165, 1.54) is 12.2 Å². The number of benzene rings is 2. The predicted molar refractivity (Wildman–Crippen MR) is 106 cm³/mol. The molecule has 6 heteroatoms. The zero-order chi connectivity index (χ0) is 19.9. The summed E-state index contributed by atoms with van der Waals surface area (Å²) in [5.41, 5.74) is 2.37. The van der Waals surface area contributed by atoms with Crippen LogP contribution in [0, 0.1) is 0 Å². The standard InChI is InChI=1S/C22H22N2O4/c1-16(2)24(14-17-8-4-3-5-9-17)21(25)15-27-22(26)13-12-20-23-18-10-6-7-11-19(18)28-20/h3-13,16H,14-15H2,1-2H3/b13-12+.